The summed E-state index contributed by atoms with van der Waals surface area (Å²) < 4.78 is 40.3. The smallest absolute Gasteiger partial charge is 0.267 e. The molecule has 0 saturated heterocycles. The fourth-order valence-electron chi connectivity index (χ4n) is 2.59. The quantitative estimate of drug-likeness (QED) is 0.665. The van der Waals surface area contributed by atoms with Crippen molar-refractivity contribution in [1.82, 2.24) is 4.31 Å². The molecule has 0 heterocycles. The summed E-state index contributed by atoms with van der Waals surface area (Å²) >= 11 is 0. The Morgan fingerprint density at radius 1 is 0.889 bits per heavy atom. The number of carbonyl (C=O) groups excluding carboxylic acids is 1. The minimum atomic E-state index is -4.08. The van der Waals surface area contributed by atoms with Crippen molar-refractivity contribution in [3.8, 4) is 0 Å². The molecule has 0 N–H and O–H groups in total. The summed E-state index contributed by atoms with van der Waals surface area (Å²) in [6.45, 7) is 1.73. The van der Waals surface area contributed by atoms with Crippen molar-refractivity contribution in [3.05, 3.63) is 101 Å². The van der Waals surface area contributed by atoms with Gasteiger partial charge in [-0.3, -0.25) is 4.79 Å². The van der Waals surface area contributed by atoms with Gasteiger partial charge in [-0.2, -0.15) is 0 Å². The fourth-order valence-corrected chi connectivity index (χ4v) is 3.97. The molecule has 4 nitrogen and oxygen atoms in total. The molecule has 3 aromatic carbocycles. The number of halogens is 1. The molecule has 0 bridgehead atoms. The van der Waals surface area contributed by atoms with Crippen LogP contribution in [0.25, 0.3) is 0 Å². The summed E-state index contributed by atoms with van der Waals surface area (Å²) in [5.74, 6) is -1.21. The zero-order chi connectivity index (χ0) is 19.4. The van der Waals surface area contributed by atoms with E-state index in [1.54, 1.807) is 36.4 Å². The van der Waals surface area contributed by atoms with E-state index in [4.69, 9.17) is 0 Å². The topological polar surface area (TPSA) is 54.5 Å². The third kappa shape index (κ3) is 4.23. The molecule has 0 radical (unpaired) electrons. The van der Waals surface area contributed by atoms with Crippen molar-refractivity contribution in [2.75, 3.05) is 0 Å². The molecule has 0 fully saturated rings. The Morgan fingerprint density at radius 3 is 2.07 bits per heavy atom. The van der Waals surface area contributed by atoms with E-state index >= 15 is 0 Å². The predicted octanol–water partition coefficient (Wildman–Crippen LogP) is 4.17. The number of aryl methyl sites for hydroxylation is 1. The van der Waals surface area contributed by atoms with Gasteiger partial charge < -0.3 is 0 Å². The summed E-state index contributed by atoms with van der Waals surface area (Å²) in [6, 6.07) is 20.0. The van der Waals surface area contributed by atoms with Crippen LogP contribution in [-0.2, 0) is 16.6 Å². The van der Waals surface area contributed by atoms with Crippen molar-refractivity contribution in [2.24, 2.45) is 0 Å². The van der Waals surface area contributed by atoms with Crippen LogP contribution in [0.1, 0.15) is 21.5 Å². The van der Waals surface area contributed by atoms with Crippen LogP contribution in [0.4, 0.5) is 4.39 Å². The molecule has 0 aliphatic carbocycles. The molecule has 0 spiro atoms. The van der Waals surface area contributed by atoms with Gasteiger partial charge in [0.15, 0.2) is 0 Å². The highest BCUT2D eigenvalue weighted by atomic mass is 32.2. The van der Waals surface area contributed by atoms with Gasteiger partial charge >= 0.3 is 0 Å². The van der Waals surface area contributed by atoms with Gasteiger partial charge in [0.05, 0.1) is 11.4 Å². The summed E-state index contributed by atoms with van der Waals surface area (Å²) in [4.78, 5) is 13.0. The number of hydrogen-bond donors (Lipinski definition) is 0. The maximum Gasteiger partial charge on any atom is 0.267 e. The van der Waals surface area contributed by atoms with Gasteiger partial charge in [0.2, 0.25) is 0 Å². The first-order valence-corrected chi connectivity index (χ1v) is 9.75. The molecule has 0 unspecified atom stereocenters. The second kappa shape index (κ2) is 7.72. The SMILES string of the molecule is Cc1ccc(S(=O)(=O)N(Cc2ccccc2)C(=O)c2ccc(F)cc2)cc1. The minimum Gasteiger partial charge on any atom is -0.268 e. The maximum absolute atomic E-state index is 13.2. The van der Waals surface area contributed by atoms with E-state index in [9.17, 15) is 17.6 Å². The molecule has 6 heteroatoms. The van der Waals surface area contributed by atoms with Crippen LogP contribution >= 0.6 is 0 Å². The number of amides is 1. The fraction of sp³-hybridized carbons (Fsp3) is 0.0952. The van der Waals surface area contributed by atoms with Crippen LogP contribution in [0.3, 0.4) is 0 Å². The first-order chi connectivity index (χ1) is 12.9. The molecule has 0 atom stereocenters. The van der Waals surface area contributed by atoms with Gasteiger partial charge in [-0.1, -0.05) is 48.0 Å². The number of hydrogen-bond acceptors (Lipinski definition) is 3. The van der Waals surface area contributed by atoms with E-state index in [0.29, 0.717) is 5.56 Å². The Morgan fingerprint density at radius 2 is 1.48 bits per heavy atom. The van der Waals surface area contributed by atoms with Gasteiger partial charge in [0.25, 0.3) is 15.9 Å². The highest BCUT2D eigenvalue weighted by molar-refractivity contribution is 7.89. The summed E-state index contributed by atoms with van der Waals surface area (Å²) in [5.41, 5.74) is 1.68. The lowest BCUT2D eigenvalue weighted by molar-refractivity contribution is 0.0855. The van der Waals surface area contributed by atoms with Gasteiger partial charge in [0.1, 0.15) is 5.82 Å². The summed E-state index contributed by atoms with van der Waals surface area (Å²) in [5, 5.41) is 0. The second-order valence-corrected chi connectivity index (χ2v) is 7.98. The zero-order valence-corrected chi connectivity index (χ0v) is 15.5. The highest BCUT2D eigenvalue weighted by Crippen LogP contribution is 2.22. The molecule has 0 aromatic heterocycles. The molecule has 138 valence electrons. The molecule has 3 rings (SSSR count). The van der Waals surface area contributed by atoms with Gasteiger partial charge in [-0.25, -0.2) is 17.1 Å². The van der Waals surface area contributed by atoms with Crippen LogP contribution in [0.15, 0.2) is 83.8 Å². The number of sulfonamides is 1. The summed E-state index contributed by atoms with van der Waals surface area (Å²) in [6.07, 6.45) is 0. The number of rotatable bonds is 5. The highest BCUT2D eigenvalue weighted by Gasteiger charge is 2.30. The Balaban J connectivity index is 2.04. The van der Waals surface area contributed by atoms with Crippen LogP contribution in [0.2, 0.25) is 0 Å². The van der Waals surface area contributed by atoms with E-state index in [2.05, 4.69) is 0 Å². The summed E-state index contributed by atoms with van der Waals surface area (Å²) in [7, 11) is -4.08. The number of benzene rings is 3. The Bertz CT molecular complexity index is 1030. The third-order valence-electron chi connectivity index (χ3n) is 4.10. The van der Waals surface area contributed by atoms with Crippen molar-refractivity contribution < 1.29 is 17.6 Å². The second-order valence-electron chi connectivity index (χ2n) is 6.12. The number of nitrogens with zero attached hydrogens (tertiary/aromatic N) is 1. The predicted molar refractivity (Wildman–Crippen MR) is 101 cm³/mol. The van der Waals surface area contributed by atoms with Crippen LogP contribution in [0, 0.1) is 12.7 Å². The first kappa shape index (κ1) is 18.8. The monoisotopic (exact) mass is 383 g/mol. The molecular formula is C21H18FNO3S. The lowest BCUT2D eigenvalue weighted by atomic mass is 10.2. The lowest BCUT2D eigenvalue weighted by Crippen LogP contribution is -2.36. The Hall–Kier alpha value is -2.99. The van der Waals surface area contributed by atoms with Gasteiger partial charge in [0, 0.05) is 5.56 Å². The van der Waals surface area contributed by atoms with E-state index < -0.39 is 21.7 Å². The van der Waals surface area contributed by atoms with Gasteiger partial charge in [-0.15, -0.1) is 0 Å². The average Bonchev–Trinajstić information content (AvgIpc) is 2.67. The largest absolute Gasteiger partial charge is 0.268 e. The third-order valence-corrected chi connectivity index (χ3v) is 5.84. The minimum absolute atomic E-state index is 0.0273. The molecule has 3 aromatic rings. The molecule has 27 heavy (non-hydrogen) atoms. The van der Waals surface area contributed by atoms with E-state index in [-0.39, 0.29) is 17.0 Å². The molecule has 0 saturated carbocycles. The van der Waals surface area contributed by atoms with E-state index in [0.717, 1.165) is 22.0 Å². The first-order valence-electron chi connectivity index (χ1n) is 8.31. The van der Waals surface area contributed by atoms with Crippen molar-refractivity contribution in [1.29, 1.82) is 0 Å². The zero-order valence-electron chi connectivity index (χ0n) is 14.7. The van der Waals surface area contributed by atoms with Crippen LogP contribution < -0.4 is 0 Å². The molecule has 0 aliphatic rings. The Labute approximate surface area is 157 Å². The van der Waals surface area contributed by atoms with E-state index in [1.165, 1.54) is 24.3 Å². The molecular weight excluding hydrogens is 365 g/mol. The number of carbonyl (C=O) groups is 1. The standard InChI is InChI=1S/C21H18FNO3S/c1-16-7-13-20(14-8-16)27(25,26)23(15-17-5-3-2-4-6-17)21(24)18-9-11-19(22)12-10-18/h2-14H,15H2,1H3. The van der Waals surface area contributed by atoms with Crippen molar-refractivity contribution >= 4 is 15.9 Å². The molecule has 0 aliphatic heterocycles. The van der Waals surface area contributed by atoms with Gasteiger partial charge in [-0.05, 0) is 48.9 Å². The lowest BCUT2D eigenvalue weighted by Gasteiger charge is -2.23. The van der Waals surface area contributed by atoms with Crippen LogP contribution in [0.5, 0.6) is 0 Å². The van der Waals surface area contributed by atoms with Crippen LogP contribution in [-0.4, -0.2) is 18.6 Å². The maximum atomic E-state index is 13.2. The Kier molecular flexibility index (Phi) is 5.37. The average molecular weight is 383 g/mol. The van der Waals surface area contributed by atoms with E-state index in [1.807, 2.05) is 13.0 Å². The molecule has 1 amide bonds. The van der Waals surface area contributed by atoms with Crippen molar-refractivity contribution in [2.45, 2.75) is 18.4 Å². The van der Waals surface area contributed by atoms with Crippen molar-refractivity contribution in [3.63, 3.8) is 0 Å². The normalized spacial score (nSPS) is 11.2.